The van der Waals surface area contributed by atoms with Gasteiger partial charge >= 0.3 is 23.9 Å². The van der Waals surface area contributed by atoms with Crippen LogP contribution in [0.5, 0.6) is 0 Å². The van der Waals surface area contributed by atoms with Crippen LogP contribution in [0.2, 0.25) is 0 Å². The molecule has 0 amide bonds. The van der Waals surface area contributed by atoms with E-state index in [4.69, 9.17) is 18.9 Å². The first kappa shape index (κ1) is 26.5. The van der Waals surface area contributed by atoms with Gasteiger partial charge < -0.3 is 29.2 Å². The van der Waals surface area contributed by atoms with Crippen molar-refractivity contribution in [1.29, 1.82) is 0 Å². The molecule has 0 spiro atoms. The van der Waals surface area contributed by atoms with Gasteiger partial charge in [-0.05, 0) is 24.3 Å². The number of rotatable bonds is 14. The van der Waals surface area contributed by atoms with E-state index in [0.717, 1.165) is 12.2 Å². The van der Waals surface area contributed by atoms with E-state index in [-0.39, 0.29) is 50.4 Å². The van der Waals surface area contributed by atoms with Crippen molar-refractivity contribution in [2.45, 2.75) is 25.0 Å². The van der Waals surface area contributed by atoms with Crippen LogP contribution in [0.15, 0.2) is 49.6 Å². The molecule has 2 unspecified atom stereocenters. The summed E-state index contributed by atoms with van der Waals surface area (Å²) in [6.07, 6.45) is 0.130. The van der Waals surface area contributed by atoms with Crippen LogP contribution in [0.1, 0.15) is 33.6 Å². The lowest BCUT2D eigenvalue weighted by molar-refractivity contribution is -0.139. The predicted octanol–water partition coefficient (Wildman–Crippen LogP) is 0.961. The molecule has 0 heterocycles. The highest BCUT2D eigenvalue weighted by Crippen LogP contribution is 2.09. The Bertz CT molecular complexity index is 732. The van der Waals surface area contributed by atoms with E-state index in [1.807, 2.05) is 0 Å². The summed E-state index contributed by atoms with van der Waals surface area (Å²) in [4.78, 5) is 45.8. The molecule has 32 heavy (non-hydrogen) atoms. The van der Waals surface area contributed by atoms with E-state index < -0.39 is 36.1 Å². The summed E-state index contributed by atoms with van der Waals surface area (Å²) in [7, 11) is 0. The molecule has 0 aromatic heterocycles. The number of esters is 4. The predicted molar refractivity (Wildman–Crippen MR) is 111 cm³/mol. The lowest BCUT2D eigenvalue weighted by atomic mass is 10.1. The minimum absolute atomic E-state index is 0.0466. The molecule has 10 heteroatoms. The van der Waals surface area contributed by atoms with Crippen molar-refractivity contribution >= 4 is 23.9 Å². The number of carbonyl (C=O) groups is 4. The minimum Gasteiger partial charge on any atom is -0.462 e. The molecule has 0 saturated heterocycles. The number of benzene rings is 1. The third-order valence-electron chi connectivity index (χ3n) is 3.89. The van der Waals surface area contributed by atoms with Crippen LogP contribution in [0.4, 0.5) is 0 Å². The number of ether oxygens (including phenoxy) is 4. The average Bonchev–Trinajstić information content (AvgIpc) is 2.80. The zero-order valence-corrected chi connectivity index (χ0v) is 17.4. The van der Waals surface area contributed by atoms with Gasteiger partial charge in [-0.25, -0.2) is 19.2 Å². The summed E-state index contributed by atoms with van der Waals surface area (Å²) in [5, 5.41) is 19.5. The Labute approximate surface area is 185 Å². The molecule has 0 aliphatic rings. The maximum Gasteiger partial charge on any atom is 0.338 e. The van der Waals surface area contributed by atoms with Crippen LogP contribution in [0.25, 0.3) is 0 Å². The van der Waals surface area contributed by atoms with Crippen LogP contribution in [-0.2, 0) is 28.5 Å². The number of carbonyl (C=O) groups excluding carboxylic acids is 4. The van der Waals surface area contributed by atoms with Crippen LogP contribution in [0.3, 0.4) is 0 Å². The number of hydrogen-bond acceptors (Lipinski definition) is 10. The SMILES string of the molecule is C=CC(=O)OCCC(O)COC(=O)c1ccc(C(=O)OCC(O)CCOC(=O)C=C)cc1. The largest absolute Gasteiger partial charge is 0.462 e. The molecule has 1 aromatic carbocycles. The summed E-state index contributed by atoms with van der Waals surface area (Å²) < 4.78 is 19.4. The van der Waals surface area contributed by atoms with E-state index >= 15 is 0 Å². The quantitative estimate of drug-likeness (QED) is 0.239. The second-order valence-electron chi connectivity index (χ2n) is 6.40. The normalized spacial score (nSPS) is 12.1. The molecule has 10 nitrogen and oxygen atoms in total. The summed E-state index contributed by atoms with van der Waals surface area (Å²) in [6, 6.07) is 5.40. The summed E-state index contributed by atoms with van der Waals surface area (Å²) in [5.41, 5.74) is 0.298. The standard InChI is InChI=1S/C22H26O10/c1-3-19(25)29-11-9-17(23)13-31-21(27)15-5-7-16(8-6-15)22(28)32-14-18(24)10-12-30-20(26)4-2/h3-8,17-18,23-24H,1-2,9-14H2. The van der Waals surface area contributed by atoms with Gasteiger partial charge in [0.1, 0.15) is 13.2 Å². The molecule has 0 aliphatic heterocycles. The van der Waals surface area contributed by atoms with Crippen molar-refractivity contribution in [1.82, 2.24) is 0 Å². The fourth-order valence-corrected chi connectivity index (χ4v) is 2.13. The fourth-order valence-electron chi connectivity index (χ4n) is 2.13. The third-order valence-corrected chi connectivity index (χ3v) is 3.89. The molecule has 0 aliphatic carbocycles. The lowest BCUT2D eigenvalue weighted by Crippen LogP contribution is -2.21. The summed E-state index contributed by atoms with van der Waals surface area (Å²) >= 11 is 0. The van der Waals surface area contributed by atoms with E-state index in [0.29, 0.717) is 0 Å². The van der Waals surface area contributed by atoms with Crippen molar-refractivity contribution in [2.24, 2.45) is 0 Å². The van der Waals surface area contributed by atoms with Gasteiger partial charge in [-0.3, -0.25) is 0 Å². The lowest BCUT2D eigenvalue weighted by Gasteiger charge is -2.12. The van der Waals surface area contributed by atoms with Gasteiger partial charge in [0.25, 0.3) is 0 Å². The smallest absolute Gasteiger partial charge is 0.338 e. The first-order valence-electron chi connectivity index (χ1n) is 9.65. The molecule has 2 atom stereocenters. The van der Waals surface area contributed by atoms with Crippen molar-refractivity contribution in [2.75, 3.05) is 26.4 Å². The van der Waals surface area contributed by atoms with Crippen molar-refractivity contribution in [3.8, 4) is 0 Å². The van der Waals surface area contributed by atoms with Crippen molar-refractivity contribution in [3.05, 3.63) is 60.7 Å². The Morgan fingerprint density at radius 3 is 1.38 bits per heavy atom. The monoisotopic (exact) mass is 450 g/mol. The van der Waals surface area contributed by atoms with Gasteiger partial charge in [0.15, 0.2) is 0 Å². The maximum atomic E-state index is 12.0. The topological polar surface area (TPSA) is 146 Å². The van der Waals surface area contributed by atoms with Gasteiger partial charge in [-0.15, -0.1) is 0 Å². The third kappa shape index (κ3) is 10.5. The zero-order chi connectivity index (χ0) is 23.9. The molecular formula is C22H26O10. The molecule has 174 valence electrons. The van der Waals surface area contributed by atoms with Gasteiger partial charge in [0.2, 0.25) is 0 Å². The number of aliphatic hydroxyl groups is 2. The van der Waals surface area contributed by atoms with Crippen molar-refractivity contribution < 1.29 is 48.3 Å². The Kier molecular flexibility index (Phi) is 12.0. The Balaban J connectivity index is 2.37. The van der Waals surface area contributed by atoms with E-state index in [1.54, 1.807) is 0 Å². The minimum atomic E-state index is -1.02. The first-order valence-corrected chi connectivity index (χ1v) is 9.65. The number of aliphatic hydroxyl groups excluding tert-OH is 2. The molecule has 0 radical (unpaired) electrons. The maximum absolute atomic E-state index is 12.0. The van der Waals surface area contributed by atoms with Gasteiger partial charge in [0.05, 0.1) is 36.5 Å². The average molecular weight is 450 g/mol. The second kappa shape index (κ2) is 14.5. The molecule has 2 N–H and O–H groups in total. The Morgan fingerprint density at radius 2 is 1.06 bits per heavy atom. The van der Waals surface area contributed by atoms with Gasteiger partial charge in [-0.1, -0.05) is 13.2 Å². The van der Waals surface area contributed by atoms with Crippen LogP contribution >= 0.6 is 0 Å². The molecule has 1 rings (SSSR count). The molecular weight excluding hydrogens is 424 g/mol. The van der Waals surface area contributed by atoms with Crippen LogP contribution < -0.4 is 0 Å². The van der Waals surface area contributed by atoms with E-state index in [1.165, 1.54) is 24.3 Å². The molecule has 0 fully saturated rings. The summed E-state index contributed by atoms with van der Waals surface area (Å²) in [5.74, 6) is -2.65. The molecule has 0 bridgehead atoms. The number of hydrogen-bond donors (Lipinski definition) is 2. The van der Waals surface area contributed by atoms with E-state index in [9.17, 15) is 29.4 Å². The fraction of sp³-hybridized carbons (Fsp3) is 0.364. The highest BCUT2D eigenvalue weighted by atomic mass is 16.6. The highest BCUT2D eigenvalue weighted by molar-refractivity contribution is 5.93. The highest BCUT2D eigenvalue weighted by Gasteiger charge is 2.15. The van der Waals surface area contributed by atoms with Gasteiger partial charge in [0, 0.05) is 25.0 Å². The second-order valence-corrected chi connectivity index (χ2v) is 6.40. The Morgan fingerprint density at radius 1 is 0.719 bits per heavy atom. The van der Waals surface area contributed by atoms with Crippen molar-refractivity contribution in [3.63, 3.8) is 0 Å². The molecule has 0 saturated carbocycles. The van der Waals surface area contributed by atoms with Crippen LogP contribution in [-0.4, -0.2) is 72.7 Å². The Hall–Kier alpha value is -3.50. The first-order chi connectivity index (χ1) is 15.3. The van der Waals surface area contributed by atoms with Gasteiger partial charge in [-0.2, -0.15) is 0 Å². The van der Waals surface area contributed by atoms with Crippen LogP contribution in [0, 0.1) is 0 Å². The van der Waals surface area contributed by atoms with E-state index in [2.05, 4.69) is 13.2 Å². The summed E-state index contributed by atoms with van der Waals surface area (Å²) in [6.45, 7) is 5.79. The zero-order valence-electron chi connectivity index (χ0n) is 17.4. The molecule has 1 aromatic rings.